The highest BCUT2D eigenvalue weighted by Gasteiger charge is 2.34. The lowest BCUT2D eigenvalue weighted by Gasteiger charge is -2.28. The highest BCUT2D eigenvalue weighted by Crippen LogP contribution is 2.34. The summed E-state index contributed by atoms with van der Waals surface area (Å²) in [4.78, 5) is 17.1. The monoisotopic (exact) mass is 474 g/mol. The van der Waals surface area contributed by atoms with Gasteiger partial charge in [-0.25, -0.2) is 4.79 Å². The van der Waals surface area contributed by atoms with Crippen molar-refractivity contribution in [2.45, 2.75) is 97.8 Å². The molecule has 4 heteroatoms. The fourth-order valence-electron chi connectivity index (χ4n) is 5.22. The molecule has 0 saturated heterocycles. The number of rotatable bonds is 12. The molecule has 1 aromatic carbocycles. The smallest absolute Gasteiger partial charge is 0.331 e. The van der Waals surface area contributed by atoms with Gasteiger partial charge in [0.2, 0.25) is 0 Å². The number of benzene rings is 1. The highest BCUT2D eigenvalue weighted by molar-refractivity contribution is 5.81. The van der Waals surface area contributed by atoms with Gasteiger partial charge in [0.25, 0.3) is 0 Å². The second kappa shape index (κ2) is 13.4. The van der Waals surface area contributed by atoms with Crippen LogP contribution in [0.15, 0.2) is 42.6 Å². The van der Waals surface area contributed by atoms with Crippen LogP contribution in [0.4, 0.5) is 0 Å². The Morgan fingerprint density at radius 2 is 1.69 bits per heavy atom. The van der Waals surface area contributed by atoms with Crippen molar-refractivity contribution < 1.29 is 9.53 Å². The number of carbonyl (C=O) groups excluding carboxylic acids is 1. The fourth-order valence-corrected chi connectivity index (χ4v) is 5.22. The van der Waals surface area contributed by atoms with Crippen LogP contribution in [0.5, 0.6) is 5.75 Å². The Labute approximate surface area is 212 Å². The number of hydrogen-bond acceptors (Lipinski definition) is 4. The quantitative estimate of drug-likeness (QED) is 0.176. The summed E-state index contributed by atoms with van der Waals surface area (Å²) >= 11 is 0. The van der Waals surface area contributed by atoms with Crippen molar-refractivity contribution in [1.29, 1.82) is 5.26 Å². The molecular weight excluding hydrogens is 432 g/mol. The van der Waals surface area contributed by atoms with Gasteiger partial charge >= 0.3 is 5.97 Å². The predicted octanol–water partition coefficient (Wildman–Crippen LogP) is 8.30. The normalized spacial score (nSPS) is 19.5. The molecule has 0 spiro atoms. The van der Waals surface area contributed by atoms with E-state index in [0.717, 1.165) is 35.9 Å². The average Bonchev–Trinajstić information content (AvgIpc) is 2.89. The minimum atomic E-state index is -1.11. The van der Waals surface area contributed by atoms with Gasteiger partial charge in [-0.05, 0) is 73.9 Å². The molecule has 1 aliphatic rings. The second-order valence-corrected chi connectivity index (χ2v) is 10.6. The molecule has 1 heterocycles. The molecule has 35 heavy (non-hydrogen) atoms. The second-order valence-electron chi connectivity index (χ2n) is 10.6. The van der Waals surface area contributed by atoms with Gasteiger partial charge in [0.15, 0.2) is 5.41 Å². The van der Waals surface area contributed by atoms with E-state index in [2.05, 4.69) is 30.1 Å². The van der Waals surface area contributed by atoms with Crippen molar-refractivity contribution in [2.75, 3.05) is 0 Å². The third-order valence-corrected chi connectivity index (χ3v) is 7.66. The van der Waals surface area contributed by atoms with Crippen LogP contribution in [0.3, 0.4) is 0 Å². The molecule has 0 N–H and O–H groups in total. The predicted molar refractivity (Wildman–Crippen MR) is 142 cm³/mol. The van der Waals surface area contributed by atoms with Crippen molar-refractivity contribution in [3.63, 3.8) is 0 Å². The Morgan fingerprint density at radius 3 is 2.26 bits per heavy atom. The zero-order chi connectivity index (χ0) is 25.1. The molecule has 2 aromatic rings. The number of unbranched alkanes of at least 4 members (excludes halogenated alkanes) is 2. The molecule has 4 nitrogen and oxygen atoms in total. The first-order chi connectivity index (χ1) is 17.0. The Hall–Kier alpha value is -2.67. The fraction of sp³-hybridized carbons (Fsp3) is 0.581. The molecule has 3 rings (SSSR count). The average molecular weight is 475 g/mol. The van der Waals surface area contributed by atoms with Crippen LogP contribution in [0, 0.1) is 28.6 Å². The summed E-state index contributed by atoms with van der Waals surface area (Å²) in [7, 11) is 0. The Balaban J connectivity index is 1.47. The van der Waals surface area contributed by atoms with Crippen LogP contribution in [0.1, 0.15) is 97.0 Å². The van der Waals surface area contributed by atoms with E-state index in [4.69, 9.17) is 4.74 Å². The molecule has 0 bridgehead atoms. The van der Waals surface area contributed by atoms with E-state index in [1.807, 2.05) is 25.3 Å². The third kappa shape index (κ3) is 7.92. The van der Waals surface area contributed by atoms with E-state index >= 15 is 0 Å². The zero-order valence-corrected chi connectivity index (χ0v) is 21.9. The maximum atomic E-state index is 12.4. The minimum Gasteiger partial charge on any atom is -0.425 e. The number of ether oxygens (including phenoxy) is 1. The first-order valence-electron chi connectivity index (χ1n) is 13.7. The lowest BCUT2D eigenvalue weighted by molar-refractivity contribution is -0.142. The molecule has 1 fully saturated rings. The summed E-state index contributed by atoms with van der Waals surface area (Å²) in [5, 5.41) is 9.38. The Morgan fingerprint density at radius 1 is 1.00 bits per heavy atom. The molecule has 1 aromatic heterocycles. The Bertz CT molecular complexity index is 953. The molecule has 1 unspecified atom stereocenters. The number of nitriles is 1. The molecule has 0 amide bonds. The van der Waals surface area contributed by atoms with Crippen LogP contribution < -0.4 is 4.74 Å². The minimum absolute atomic E-state index is 0.452. The third-order valence-electron chi connectivity index (χ3n) is 7.66. The van der Waals surface area contributed by atoms with Gasteiger partial charge in [0.1, 0.15) is 5.75 Å². The number of aryl methyl sites for hydroxylation is 1. The van der Waals surface area contributed by atoms with E-state index < -0.39 is 11.4 Å². The largest absolute Gasteiger partial charge is 0.425 e. The summed E-state index contributed by atoms with van der Waals surface area (Å²) in [6, 6.07) is 13.7. The van der Waals surface area contributed by atoms with Crippen LogP contribution in [-0.4, -0.2) is 11.0 Å². The van der Waals surface area contributed by atoms with E-state index in [1.165, 1.54) is 63.4 Å². The van der Waals surface area contributed by atoms with Gasteiger partial charge < -0.3 is 4.74 Å². The van der Waals surface area contributed by atoms with Gasteiger partial charge in [0.05, 0.1) is 11.8 Å². The Kier molecular flexibility index (Phi) is 10.3. The first-order valence-corrected chi connectivity index (χ1v) is 13.7. The number of nitrogens with zero attached hydrogens (tertiary/aromatic N) is 2. The summed E-state index contributed by atoms with van der Waals surface area (Å²) < 4.78 is 5.47. The zero-order valence-electron chi connectivity index (χ0n) is 21.9. The number of pyridine rings is 1. The lowest BCUT2D eigenvalue weighted by atomic mass is 9.78. The topological polar surface area (TPSA) is 63.0 Å². The number of aromatic nitrogens is 1. The molecule has 0 radical (unpaired) electrons. The van der Waals surface area contributed by atoms with Crippen molar-refractivity contribution in [3.8, 4) is 23.1 Å². The highest BCUT2D eigenvalue weighted by atomic mass is 16.5. The standard InChI is InChI=1S/C31H42N2O2/c1-4-6-7-8-24-9-11-25(12-10-24)13-14-26-15-20-29(33-22-26)27-16-18-28(19-17-27)35-30(34)31(3,23-32)21-5-2/h15-20,22,24-25H,4-14,21H2,1-3H3. The summed E-state index contributed by atoms with van der Waals surface area (Å²) in [5.74, 6) is 1.79. The van der Waals surface area contributed by atoms with Gasteiger partial charge in [0, 0.05) is 11.8 Å². The number of hydrogen-bond donors (Lipinski definition) is 0. The SMILES string of the molecule is CCCCCC1CCC(CCc2ccc(-c3ccc(OC(=O)C(C)(C#N)CCC)cc3)nc2)CC1. The molecule has 188 valence electrons. The van der Waals surface area contributed by atoms with Crippen molar-refractivity contribution >= 4 is 5.97 Å². The van der Waals surface area contributed by atoms with Crippen LogP contribution in [-0.2, 0) is 11.2 Å². The van der Waals surface area contributed by atoms with E-state index in [1.54, 1.807) is 19.1 Å². The van der Waals surface area contributed by atoms with Crippen molar-refractivity contribution in [3.05, 3.63) is 48.2 Å². The van der Waals surface area contributed by atoms with Crippen LogP contribution >= 0.6 is 0 Å². The van der Waals surface area contributed by atoms with Gasteiger partial charge in [-0.3, -0.25) is 4.98 Å². The molecule has 1 atom stereocenters. The number of esters is 1. The molecular formula is C31H42N2O2. The van der Waals surface area contributed by atoms with Crippen molar-refractivity contribution in [2.24, 2.45) is 17.3 Å². The molecule has 1 saturated carbocycles. The summed E-state index contributed by atoms with van der Waals surface area (Å²) in [5.41, 5.74) is 2.08. The number of carbonyl (C=O) groups is 1. The summed E-state index contributed by atoms with van der Waals surface area (Å²) in [6.45, 7) is 5.88. The van der Waals surface area contributed by atoms with Gasteiger partial charge in [-0.1, -0.05) is 77.7 Å². The van der Waals surface area contributed by atoms with Crippen molar-refractivity contribution in [1.82, 2.24) is 4.98 Å². The summed E-state index contributed by atoms with van der Waals surface area (Å²) in [6.07, 6.45) is 16.8. The maximum absolute atomic E-state index is 12.4. The lowest BCUT2D eigenvalue weighted by Crippen LogP contribution is -2.30. The van der Waals surface area contributed by atoms with Gasteiger partial charge in [-0.2, -0.15) is 5.26 Å². The molecule has 1 aliphatic carbocycles. The van der Waals surface area contributed by atoms with Crippen LogP contribution in [0.2, 0.25) is 0 Å². The van der Waals surface area contributed by atoms with E-state index in [0.29, 0.717) is 12.2 Å². The first kappa shape index (κ1) is 26.9. The molecule has 0 aliphatic heterocycles. The van der Waals surface area contributed by atoms with E-state index in [-0.39, 0.29) is 0 Å². The van der Waals surface area contributed by atoms with Gasteiger partial charge in [-0.15, -0.1) is 0 Å². The van der Waals surface area contributed by atoms with E-state index in [9.17, 15) is 10.1 Å². The maximum Gasteiger partial charge on any atom is 0.331 e. The van der Waals surface area contributed by atoms with Crippen LogP contribution in [0.25, 0.3) is 11.3 Å².